The topological polar surface area (TPSA) is 106 Å². The summed E-state index contributed by atoms with van der Waals surface area (Å²) >= 11 is 6.84. The zero-order valence-electron chi connectivity index (χ0n) is 16.4. The molecule has 0 saturated carbocycles. The smallest absolute Gasteiger partial charge is 0.263 e. The van der Waals surface area contributed by atoms with E-state index < -0.39 is 11.8 Å². The monoisotopic (exact) mass is 551 g/mol. The maximum atomic E-state index is 12.2. The summed E-state index contributed by atoms with van der Waals surface area (Å²) in [5, 5.41) is 7.49. The Morgan fingerprint density at radius 3 is 2.45 bits per heavy atom. The zero-order chi connectivity index (χ0) is 22.4. The summed E-state index contributed by atoms with van der Waals surface area (Å²) in [5.41, 5.74) is 1.14. The number of hydrogen-bond donors (Lipinski definition) is 3. The van der Waals surface area contributed by atoms with Gasteiger partial charge in [0.25, 0.3) is 17.7 Å². The van der Waals surface area contributed by atoms with Gasteiger partial charge in [-0.3, -0.25) is 25.0 Å². The summed E-state index contributed by atoms with van der Waals surface area (Å²) in [6.45, 7) is 1.96. The van der Waals surface area contributed by atoms with Crippen molar-refractivity contribution in [1.82, 2.24) is 10.6 Å². The van der Waals surface area contributed by atoms with Crippen molar-refractivity contribution in [2.75, 3.05) is 18.5 Å². The Hall–Kier alpha value is -2.99. The first-order valence-electron chi connectivity index (χ1n) is 9.19. The normalized spacial score (nSPS) is 13.2. The van der Waals surface area contributed by atoms with Crippen molar-refractivity contribution in [3.05, 3.63) is 57.2 Å². The van der Waals surface area contributed by atoms with Crippen LogP contribution in [-0.2, 0) is 14.4 Å². The fraction of sp³-hybridized carbons (Fsp3) is 0.143. The van der Waals surface area contributed by atoms with Crippen LogP contribution in [-0.4, -0.2) is 36.0 Å². The van der Waals surface area contributed by atoms with Crippen LogP contribution in [0.15, 0.2) is 48.0 Å². The Labute approximate surface area is 197 Å². The molecular weight excluding hydrogens is 533 g/mol. The number of carbonyl (C=O) groups excluding carboxylic acids is 3. The summed E-state index contributed by atoms with van der Waals surface area (Å²) in [4.78, 5) is 36.4. The van der Waals surface area contributed by atoms with E-state index in [9.17, 15) is 14.4 Å². The average molecular weight is 551 g/mol. The van der Waals surface area contributed by atoms with Crippen LogP contribution in [0, 0.1) is 3.57 Å². The molecular formula is C21H18IN3O5S. The molecule has 3 rings (SSSR count). The summed E-state index contributed by atoms with van der Waals surface area (Å²) in [5.74, 6) is -0.700. The molecule has 31 heavy (non-hydrogen) atoms. The highest BCUT2D eigenvalue weighted by molar-refractivity contribution is 14.1. The molecule has 8 nitrogen and oxygen atoms in total. The summed E-state index contributed by atoms with van der Waals surface area (Å²) in [6, 6.07) is 12.4. The second-order valence-corrected chi connectivity index (χ2v) is 7.83. The lowest BCUT2D eigenvalue weighted by Gasteiger charge is -2.17. The van der Waals surface area contributed by atoms with Gasteiger partial charge in [0.05, 0.1) is 10.2 Å². The third-order valence-corrected chi connectivity index (χ3v) is 5.00. The minimum Gasteiger partial charge on any atom is -0.490 e. The molecule has 0 aliphatic carbocycles. The number of nitrogens with one attached hydrogen (secondary N) is 3. The van der Waals surface area contributed by atoms with E-state index in [0.717, 1.165) is 0 Å². The first-order valence-corrected chi connectivity index (χ1v) is 10.7. The average Bonchev–Trinajstić information content (AvgIpc) is 2.71. The first-order chi connectivity index (χ1) is 14.9. The van der Waals surface area contributed by atoms with Gasteiger partial charge in [-0.25, -0.2) is 0 Å². The lowest BCUT2D eigenvalue weighted by Crippen LogP contribution is -2.51. The molecule has 1 saturated heterocycles. The molecule has 3 amide bonds. The zero-order valence-corrected chi connectivity index (χ0v) is 19.3. The van der Waals surface area contributed by atoms with Crippen LogP contribution in [0.4, 0.5) is 5.69 Å². The van der Waals surface area contributed by atoms with E-state index in [4.69, 9.17) is 21.7 Å². The van der Waals surface area contributed by atoms with Gasteiger partial charge in [0.1, 0.15) is 5.57 Å². The summed E-state index contributed by atoms with van der Waals surface area (Å²) < 4.78 is 12.0. The van der Waals surface area contributed by atoms with E-state index >= 15 is 0 Å². The molecule has 160 valence electrons. The number of amides is 3. The molecule has 1 aliphatic heterocycles. The largest absolute Gasteiger partial charge is 0.490 e. The number of halogens is 1. The van der Waals surface area contributed by atoms with Gasteiger partial charge >= 0.3 is 0 Å². The van der Waals surface area contributed by atoms with Crippen LogP contribution < -0.4 is 25.4 Å². The number of hydrogen-bond acceptors (Lipinski definition) is 6. The van der Waals surface area contributed by atoms with E-state index in [-0.39, 0.29) is 23.2 Å². The van der Waals surface area contributed by atoms with Crippen LogP contribution in [0.3, 0.4) is 0 Å². The highest BCUT2D eigenvalue weighted by atomic mass is 127. The Kier molecular flexibility index (Phi) is 7.58. The maximum Gasteiger partial charge on any atom is 0.263 e. The van der Waals surface area contributed by atoms with Crippen LogP contribution in [0.25, 0.3) is 6.08 Å². The van der Waals surface area contributed by atoms with E-state index in [2.05, 4.69) is 16.0 Å². The molecule has 2 aromatic carbocycles. The van der Waals surface area contributed by atoms with Crippen molar-refractivity contribution in [2.24, 2.45) is 0 Å². The Bertz CT molecular complexity index is 1050. The first kappa shape index (κ1) is 22.7. The minimum atomic E-state index is -0.584. The lowest BCUT2D eigenvalue weighted by atomic mass is 10.1. The van der Waals surface area contributed by atoms with Crippen LogP contribution in [0.5, 0.6) is 11.5 Å². The van der Waals surface area contributed by atoms with Gasteiger partial charge in [0, 0.05) is 5.69 Å². The highest BCUT2D eigenvalue weighted by Crippen LogP contribution is 2.35. The minimum absolute atomic E-state index is 0.0331. The van der Waals surface area contributed by atoms with Crippen LogP contribution >= 0.6 is 34.8 Å². The standard InChI is InChI=1S/C21H18IN3O5S/c1-2-29-16-10-12(8-14-19(27)24-21(31)25-20(14)28)9-15(22)18(16)30-11-17(26)23-13-6-4-3-5-7-13/h3-10H,2,11H2,1H3,(H,23,26)(H2,24,25,27,28,31). The van der Waals surface area contributed by atoms with Crippen molar-refractivity contribution >= 4 is 69.4 Å². The molecule has 0 bridgehead atoms. The molecule has 0 unspecified atom stereocenters. The van der Waals surface area contributed by atoms with Crippen molar-refractivity contribution in [1.29, 1.82) is 0 Å². The number of para-hydroxylation sites is 1. The van der Waals surface area contributed by atoms with Gasteiger partial charge < -0.3 is 14.8 Å². The van der Waals surface area contributed by atoms with Gasteiger partial charge in [-0.2, -0.15) is 0 Å². The molecule has 0 atom stereocenters. The third-order valence-electron chi connectivity index (χ3n) is 3.99. The quantitative estimate of drug-likeness (QED) is 0.212. The predicted molar refractivity (Wildman–Crippen MR) is 128 cm³/mol. The van der Waals surface area contributed by atoms with Crippen molar-refractivity contribution in [3.8, 4) is 11.5 Å². The van der Waals surface area contributed by atoms with Gasteiger partial charge in [0.15, 0.2) is 23.2 Å². The van der Waals surface area contributed by atoms with Gasteiger partial charge in [-0.05, 0) is 77.6 Å². The molecule has 2 aromatic rings. The van der Waals surface area contributed by atoms with Crippen molar-refractivity contribution < 1.29 is 23.9 Å². The Morgan fingerprint density at radius 2 is 1.81 bits per heavy atom. The van der Waals surface area contributed by atoms with Gasteiger partial charge in [-0.1, -0.05) is 18.2 Å². The number of carbonyl (C=O) groups is 3. The number of anilines is 1. The fourth-order valence-electron chi connectivity index (χ4n) is 2.70. The van der Waals surface area contributed by atoms with E-state index in [1.807, 2.05) is 47.7 Å². The molecule has 0 spiro atoms. The van der Waals surface area contributed by atoms with Gasteiger partial charge in [-0.15, -0.1) is 0 Å². The maximum absolute atomic E-state index is 12.2. The van der Waals surface area contributed by atoms with Crippen molar-refractivity contribution in [2.45, 2.75) is 6.92 Å². The molecule has 1 fully saturated rings. The van der Waals surface area contributed by atoms with Crippen molar-refractivity contribution in [3.63, 3.8) is 0 Å². The third kappa shape index (κ3) is 6.01. The fourth-order valence-corrected chi connectivity index (χ4v) is 3.67. The SMILES string of the molecule is CCOc1cc(C=C2C(=O)NC(=S)NC2=O)cc(I)c1OCC(=O)Nc1ccccc1. The van der Waals surface area contributed by atoms with Crippen LogP contribution in [0.2, 0.25) is 0 Å². The molecule has 1 heterocycles. The predicted octanol–water partition coefficient (Wildman–Crippen LogP) is 2.62. The van der Waals surface area contributed by atoms with E-state index in [0.29, 0.717) is 32.9 Å². The van der Waals surface area contributed by atoms with Crippen LogP contribution in [0.1, 0.15) is 12.5 Å². The molecule has 0 aromatic heterocycles. The molecule has 10 heteroatoms. The van der Waals surface area contributed by atoms with E-state index in [1.54, 1.807) is 24.3 Å². The summed E-state index contributed by atoms with van der Waals surface area (Å²) in [7, 11) is 0. The summed E-state index contributed by atoms with van der Waals surface area (Å²) in [6.07, 6.45) is 1.43. The molecule has 3 N–H and O–H groups in total. The molecule has 1 aliphatic rings. The second-order valence-electron chi connectivity index (χ2n) is 6.26. The molecule has 0 radical (unpaired) electrons. The number of thiocarbonyl (C=S) groups is 1. The lowest BCUT2D eigenvalue weighted by molar-refractivity contribution is -0.123. The number of ether oxygens (including phenoxy) is 2. The Balaban J connectivity index is 1.79. The Morgan fingerprint density at radius 1 is 1.13 bits per heavy atom. The number of benzene rings is 2. The second kappa shape index (κ2) is 10.4. The highest BCUT2D eigenvalue weighted by Gasteiger charge is 2.26. The van der Waals surface area contributed by atoms with Gasteiger partial charge in [0.2, 0.25) is 0 Å². The number of rotatable bonds is 7. The van der Waals surface area contributed by atoms with E-state index in [1.165, 1.54) is 6.08 Å².